The average molecular weight is 349 g/mol. The second-order valence-electron chi connectivity index (χ2n) is 5.80. The second-order valence-corrected chi connectivity index (χ2v) is 5.80. The number of hydrogen-bond acceptors (Lipinski definition) is 4. The molecule has 0 saturated heterocycles. The molecule has 0 spiro atoms. The maximum atomic E-state index is 13.1. The molecule has 0 unspecified atom stereocenters. The van der Waals surface area contributed by atoms with Gasteiger partial charge in [0.1, 0.15) is 0 Å². The van der Waals surface area contributed by atoms with Gasteiger partial charge >= 0.3 is 5.97 Å². The van der Waals surface area contributed by atoms with E-state index in [9.17, 15) is 9.59 Å². The molecule has 0 bridgehead atoms. The number of carbonyl (C=O) groups excluding carboxylic acids is 2. The Kier molecular flexibility index (Phi) is 5.43. The van der Waals surface area contributed by atoms with Crippen molar-refractivity contribution in [3.8, 4) is 0 Å². The monoisotopic (exact) mass is 349 g/mol. The number of nitrogens with zero attached hydrogens (tertiary/aromatic N) is 2. The molecule has 0 aliphatic carbocycles. The zero-order valence-corrected chi connectivity index (χ0v) is 14.4. The fraction of sp³-hybridized carbons (Fsp3) is 0.150. The minimum Gasteiger partial charge on any atom is -0.465 e. The standard InChI is InChI=1S/C20H19N3O3/c1-26-20(25)17-9-5-8-16(12-17)19(24)23(14-18-10-11-21-22-18)13-15-6-3-2-4-7-15/h2-12H,13-14H2,1H3,(H,21,22). The number of nitrogens with one attached hydrogen (secondary N) is 1. The molecular weight excluding hydrogens is 330 g/mol. The summed E-state index contributed by atoms with van der Waals surface area (Å²) in [5.41, 5.74) is 2.63. The molecule has 1 aromatic heterocycles. The van der Waals surface area contributed by atoms with E-state index in [1.807, 2.05) is 36.4 Å². The molecule has 1 N–H and O–H groups in total. The smallest absolute Gasteiger partial charge is 0.337 e. The van der Waals surface area contributed by atoms with Crippen LogP contribution in [0.25, 0.3) is 0 Å². The van der Waals surface area contributed by atoms with Crippen LogP contribution in [0.3, 0.4) is 0 Å². The lowest BCUT2D eigenvalue weighted by Gasteiger charge is -2.22. The third kappa shape index (κ3) is 4.16. The van der Waals surface area contributed by atoms with E-state index in [-0.39, 0.29) is 5.91 Å². The molecule has 6 heteroatoms. The number of rotatable bonds is 6. The lowest BCUT2D eigenvalue weighted by molar-refractivity contribution is 0.0600. The number of methoxy groups -OCH3 is 1. The minimum atomic E-state index is -0.470. The van der Waals surface area contributed by atoms with Crippen LogP contribution in [0.2, 0.25) is 0 Å². The summed E-state index contributed by atoms with van der Waals surface area (Å²) >= 11 is 0. The summed E-state index contributed by atoms with van der Waals surface area (Å²) in [5.74, 6) is -0.642. The molecule has 3 aromatic rings. The van der Waals surface area contributed by atoms with Crippen LogP contribution in [0.5, 0.6) is 0 Å². The van der Waals surface area contributed by atoms with Crippen molar-refractivity contribution in [2.75, 3.05) is 7.11 Å². The van der Waals surface area contributed by atoms with Gasteiger partial charge in [0.05, 0.1) is 24.9 Å². The molecule has 1 heterocycles. The molecule has 0 radical (unpaired) electrons. The van der Waals surface area contributed by atoms with E-state index < -0.39 is 5.97 Å². The van der Waals surface area contributed by atoms with Crippen molar-refractivity contribution in [3.05, 3.63) is 89.2 Å². The Morgan fingerprint density at radius 3 is 2.46 bits per heavy atom. The lowest BCUT2D eigenvalue weighted by Crippen LogP contribution is -2.30. The van der Waals surface area contributed by atoms with Gasteiger partial charge < -0.3 is 9.64 Å². The van der Waals surface area contributed by atoms with Crippen molar-refractivity contribution in [1.82, 2.24) is 15.1 Å². The van der Waals surface area contributed by atoms with E-state index in [2.05, 4.69) is 10.2 Å². The number of H-pyrrole nitrogens is 1. The van der Waals surface area contributed by atoms with Gasteiger partial charge in [-0.3, -0.25) is 9.89 Å². The van der Waals surface area contributed by atoms with Gasteiger partial charge in [0.15, 0.2) is 0 Å². The highest BCUT2D eigenvalue weighted by Crippen LogP contribution is 2.15. The normalized spacial score (nSPS) is 10.3. The Morgan fingerprint density at radius 2 is 1.77 bits per heavy atom. The third-order valence-electron chi connectivity index (χ3n) is 3.95. The molecular formula is C20H19N3O3. The summed E-state index contributed by atoms with van der Waals surface area (Å²) < 4.78 is 4.74. The van der Waals surface area contributed by atoms with Crippen LogP contribution in [0.15, 0.2) is 66.9 Å². The number of hydrogen-bond donors (Lipinski definition) is 1. The van der Waals surface area contributed by atoms with Crippen molar-refractivity contribution < 1.29 is 14.3 Å². The van der Waals surface area contributed by atoms with Crippen LogP contribution < -0.4 is 0 Å². The summed E-state index contributed by atoms with van der Waals surface area (Å²) in [5, 5.41) is 6.82. The maximum absolute atomic E-state index is 13.1. The molecule has 132 valence electrons. The van der Waals surface area contributed by atoms with E-state index in [0.29, 0.717) is 24.2 Å². The van der Waals surface area contributed by atoms with Crippen molar-refractivity contribution >= 4 is 11.9 Å². The number of amides is 1. The summed E-state index contributed by atoms with van der Waals surface area (Å²) in [6.07, 6.45) is 1.65. The van der Waals surface area contributed by atoms with Crippen molar-refractivity contribution in [2.45, 2.75) is 13.1 Å². The molecule has 3 rings (SSSR count). The first-order valence-electron chi connectivity index (χ1n) is 8.17. The van der Waals surface area contributed by atoms with Crippen LogP contribution >= 0.6 is 0 Å². The Morgan fingerprint density at radius 1 is 1.00 bits per heavy atom. The third-order valence-corrected chi connectivity index (χ3v) is 3.95. The van der Waals surface area contributed by atoms with E-state index in [4.69, 9.17) is 4.74 Å². The SMILES string of the molecule is COC(=O)c1cccc(C(=O)N(Cc2ccccc2)Cc2ccn[nH]2)c1. The number of aromatic amines is 1. The lowest BCUT2D eigenvalue weighted by atomic mass is 10.1. The molecule has 2 aromatic carbocycles. The van der Waals surface area contributed by atoms with Gasteiger partial charge in [-0.05, 0) is 29.8 Å². The molecule has 26 heavy (non-hydrogen) atoms. The molecule has 0 aliphatic rings. The van der Waals surface area contributed by atoms with Crippen LogP contribution in [0.1, 0.15) is 32.0 Å². The Balaban J connectivity index is 1.87. The molecule has 0 fully saturated rings. The van der Waals surface area contributed by atoms with Crippen molar-refractivity contribution in [2.24, 2.45) is 0 Å². The van der Waals surface area contributed by atoms with E-state index >= 15 is 0 Å². The number of aromatic nitrogens is 2. The number of ether oxygens (including phenoxy) is 1. The summed E-state index contributed by atoms with van der Waals surface area (Å²) in [6, 6.07) is 18.1. The summed E-state index contributed by atoms with van der Waals surface area (Å²) in [7, 11) is 1.32. The zero-order chi connectivity index (χ0) is 18.4. The Bertz CT molecular complexity index is 876. The number of benzene rings is 2. The van der Waals surface area contributed by atoms with Crippen LogP contribution in [-0.2, 0) is 17.8 Å². The van der Waals surface area contributed by atoms with Gasteiger partial charge in [0.25, 0.3) is 5.91 Å². The number of carbonyl (C=O) groups is 2. The first kappa shape index (κ1) is 17.4. The first-order chi connectivity index (χ1) is 12.7. The highest BCUT2D eigenvalue weighted by atomic mass is 16.5. The quantitative estimate of drug-likeness (QED) is 0.694. The molecule has 0 atom stereocenters. The maximum Gasteiger partial charge on any atom is 0.337 e. The molecule has 1 amide bonds. The zero-order valence-electron chi connectivity index (χ0n) is 14.4. The molecule has 0 saturated carbocycles. The predicted molar refractivity (Wildman–Crippen MR) is 96.4 cm³/mol. The number of esters is 1. The van der Waals surface area contributed by atoms with Gasteiger partial charge in [-0.15, -0.1) is 0 Å². The van der Waals surface area contributed by atoms with Crippen LogP contribution in [-0.4, -0.2) is 34.1 Å². The van der Waals surface area contributed by atoms with E-state index in [1.54, 1.807) is 35.4 Å². The van der Waals surface area contributed by atoms with Gasteiger partial charge in [-0.25, -0.2) is 4.79 Å². The summed E-state index contributed by atoms with van der Waals surface area (Å²) in [4.78, 5) is 26.5. The highest BCUT2D eigenvalue weighted by molar-refractivity contribution is 5.97. The van der Waals surface area contributed by atoms with Crippen LogP contribution in [0.4, 0.5) is 0 Å². The average Bonchev–Trinajstić information content (AvgIpc) is 3.20. The largest absolute Gasteiger partial charge is 0.465 e. The van der Waals surface area contributed by atoms with Gasteiger partial charge in [-0.2, -0.15) is 5.10 Å². The molecule has 6 nitrogen and oxygen atoms in total. The van der Waals surface area contributed by atoms with Gasteiger partial charge in [-0.1, -0.05) is 36.4 Å². The summed E-state index contributed by atoms with van der Waals surface area (Å²) in [6.45, 7) is 0.831. The van der Waals surface area contributed by atoms with Crippen molar-refractivity contribution in [1.29, 1.82) is 0 Å². The topological polar surface area (TPSA) is 75.3 Å². The predicted octanol–water partition coefficient (Wildman–Crippen LogP) is 3.04. The van der Waals surface area contributed by atoms with Gasteiger partial charge in [0.2, 0.25) is 0 Å². The van der Waals surface area contributed by atoms with Crippen LogP contribution in [0, 0.1) is 0 Å². The Labute approximate surface area is 151 Å². The fourth-order valence-electron chi connectivity index (χ4n) is 2.66. The fourth-order valence-corrected chi connectivity index (χ4v) is 2.66. The molecule has 0 aliphatic heterocycles. The highest BCUT2D eigenvalue weighted by Gasteiger charge is 2.19. The van der Waals surface area contributed by atoms with Crippen molar-refractivity contribution in [3.63, 3.8) is 0 Å². The van der Waals surface area contributed by atoms with E-state index in [0.717, 1.165) is 11.3 Å². The first-order valence-corrected chi connectivity index (χ1v) is 8.17. The second kappa shape index (κ2) is 8.11. The van der Waals surface area contributed by atoms with E-state index in [1.165, 1.54) is 7.11 Å². The minimum absolute atomic E-state index is 0.172. The van der Waals surface area contributed by atoms with Gasteiger partial charge in [0, 0.05) is 18.3 Å². The Hall–Kier alpha value is -3.41.